The molecule has 1 aromatic rings. The Kier molecular flexibility index (Phi) is 2.59. The second-order valence-corrected chi connectivity index (χ2v) is 6.64. The average Bonchev–Trinajstić information content (AvgIpc) is 2.41. The van der Waals surface area contributed by atoms with Gasteiger partial charge >= 0.3 is 0 Å². The number of rotatable bonds is 2. The van der Waals surface area contributed by atoms with Crippen molar-refractivity contribution in [3.05, 3.63) is 42.0 Å². The maximum absolute atomic E-state index is 11.4. The first-order valence-corrected chi connectivity index (χ1v) is 6.99. The number of hydrogen-bond donors (Lipinski definition) is 1. The van der Waals surface area contributed by atoms with E-state index in [4.69, 9.17) is 4.74 Å². The van der Waals surface area contributed by atoms with Crippen LogP contribution in [0, 0.1) is 10.8 Å². The highest BCUT2D eigenvalue weighted by Crippen LogP contribution is 2.62. The molecule has 1 fully saturated rings. The lowest BCUT2D eigenvalue weighted by Gasteiger charge is -2.56. The van der Waals surface area contributed by atoms with Crippen molar-refractivity contribution in [2.75, 3.05) is 7.11 Å². The highest BCUT2D eigenvalue weighted by atomic mass is 16.5. The molecule has 0 spiro atoms. The Balaban J connectivity index is 2.16. The second kappa shape index (κ2) is 3.86. The molecule has 102 valence electrons. The van der Waals surface area contributed by atoms with Crippen LogP contribution in [0.4, 0.5) is 0 Å². The van der Waals surface area contributed by atoms with Crippen molar-refractivity contribution in [1.82, 2.24) is 0 Å². The van der Waals surface area contributed by atoms with Crippen LogP contribution in [0.25, 0.3) is 0 Å². The van der Waals surface area contributed by atoms with E-state index in [9.17, 15) is 5.11 Å². The Morgan fingerprint density at radius 2 is 1.84 bits per heavy atom. The van der Waals surface area contributed by atoms with Crippen molar-refractivity contribution in [1.29, 1.82) is 0 Å². The lowest BCUT2D eigenvalue weighted by atomic mass is 9.50. The van der Waals surface area contributed by atoms with Crippen LogP contribution in [0.3, 0.4) is 0 Å². The van der Waals surface area contributed by atoms with E-state index in [1.54, 1.807) is 7.11 Å². The Labute approximate surface area is 115 Å². The van der Waals surface area contributed by atoms with Gasteiger partial charge in [0.1, 0.15) is 11.4 Å². The van der Waals surface area contributed by atoms with Crippen LogP contribution in [0.5, 0.6) is 5.75 Å². The number of fused-ring (bicyclic) bond motifs is 2. The summed E-state index contributed by atoms with van der Waals surface area (Å²) in [6, 6.07) is 7.87. The summed E-state index contributed by atoms with van der Waals surface area (Å²) in [6.07, 6.45) is 7.45. The van der Waals surface area contributed by atoms with Gasteiger partial charge in [0, 0.05) is 11.0 Å². The van der Waals surface area contributed by atoms with Crippen molar-refractivity contribution in [3.8, 4) is 5.75 Å². The van der Waals surface area contributed by atoms with E-state index >= 15 is 0 Å². The first-order chi connectivity index (χ1) is 8.93. The molecule has 3 atom stereocenters. The van der Waals surface area contributed by atoms with E-state index in [0.29, 0.717) is 0 Å². The Hall–Kier alpha value is -1.28. The highest BCUT2D eigenvalue weighted by Gasteiger charge is 2.57. The molecule has 0 heterocycles. The van der Waals surface area contributed by atoms with Gasteiger partial charge in [0.15, 0.2) is 0 Å². The number of para-hydroxylation sites is 1. The molecule has 0 saturated heterocycles. The topological polar surface area (TPSA) is 29.5 Å². The summed E-state index contributed by atoms with van der Waals surface area (Å²) in [7, 11) is 1.67. The molecule has 0 unspecified atom stereocenters. The summed E-state index contributed by atoms with van der Waals surface area (Å²) in [4.78, 5) is 0. The van der Waals surface area contributed by atoms with Gasteiger partial charge in [0.05, 0.1) is 7.11 Å². The monoisotopic (exact) mass is 258 g/mol. The van der Waals surface area contributed by atoms with E-state index in [2.05, 4.69) is 26.0 Å². The largest absolute Gasteiger partial charge is 0.496 e. The molecular formula is C17H22O2. The first kappa shape index (κ1) is 12.7. The zero-order valence-corrected chi connectivity index (χ0v) is 11.9. The first-order valence-electron chi connectivity index (χ1n) is 6.99. The number of aliphatic hydroxyl groups is 1. The number of benzene rings is 1. The molecule has 1 aromatic carbocycles. The minimum atomic E-state index is -0.832. The second-order valence-electron chi connectivity index (χ2n) is 6.64. The Morgan fingerprint density at radius 3 is 2.47 bits per heavy atom. The predicted molar refractivity (Wildman–Crippen MR) is 76.1 cm³/mol. The van der Waals surface area contributed by atoms with Crippen molar-refractivity contribution in [2.45, 2.75) is 38.7 Å². The molecule has 0 amide bonds. The average molecular weight is 258 g/mol. The van der Waals surface area contributed by atoms with Crippen LogP contribution in [-0.2, 0) is 5.60 Å². The number of hydrogen-bond acceptors (Lipinski definition) is 2. The van der Waals surface area contributed by atoms with Crippen molar-refractivity contribution in [3.63, 3.8) is 0 Å². The van der Waals surface area contributed by atoms with Crippen LogP contribution in [0.1, 0.15) is 38.7 Å². The third kappa shape index (κ3) is 1.66. The molecule has 0 aliphatic heterocycles. The van der Waals surface area contributed by atoms with Crippen LogP contribution in [0.15, 0.2) is 36.4 Å². The van der Waals surface area contributed by atoms with Gasteiger partial charge in [0.25, 0.3) is 0 Å². The fourth-order valence-corrected chi connectivity index (χ4v) is 3.76. The quantitative estimate of drug-likeness (QED) is 0.820. The van der Waals surface area contributed by atoms with E-state index < -0.39 is 5.60 Å². The molecule has 0 radical (unpaired) electrons. The molecule has 2 heteroatoms. The van der Waals surface area contributed by atoms with Crippen LogP contribution >= 0.6 is 0 Å². The summed E-state index contributed by atoms with van der Waals surface area (Å²) in [5.74, 6) is 0.788. The summed E-state index contributed by atoms with van der Waals surface area (Å²) >= 11 is 0. The number of ether oxygens (including phenoxy) is 1. The van der Waals surface area contributed by atoms with Crippen LogP contribution in [-0.4, -0.2) is 12.2 Å². The molecule has 2 bridgehead atoms. The molecule has 19 heavy (non-hydrogen) atoms. The SMILES string of the molecule is COc1ccccc1[C@@]1(O)C[C@@]2(C)C=C[C@]1(C)CC2. The molecule has 1 saturated carbocycles. The lowest BCUT2D eigenvalue weighted by Crippen LogP contribution is -2.53. The standard InChI is InChI=1S/C17H22O2/c1-15-8-10-16(2,11-9-15)17(18,12-15)13-6-4-5-7-14(13)19-3/h4-8,10,18H,9,11-12H2,1-3H3/t15-,16+,17-/m0/s1. The summed E-state index contributed by atoms with van der Waals surface area (Å²) in [6.45, 7) is 4.40. The zero-order chi connectivity index (χ0) is 13.7. The molecule has 4 rings (SSSR count). The summed E-state index contributed by atoms with van der Waals surface area (Å²) < 4.78 is 5.47. The Bertz CT molecular complexity index is 536. The van der Waals surface area contributed by atoms with Gasteiger partial charge < -0.3 is 9.84 Å². The number of methoxy groups -OCH3 is 1. The molecule has 0 aromatic heterocycles. The van der Waals surface area contributed by atoms with Gasteiger partial charge in [-0.1, -0.05) is 44.2 Å². The van der Waals surface area contributed by atoms with E-state index in [-0.39, 0.29) is 10.8 Å². The van der Waals surface area contributed by atoms with E-state index in [1.165, 1.54) is 0 Å². The van der Waals surface area contributed by atoms with E-state index in [0.717, 1.165) is 30.6 Å². The maximum atomic E-state index is 11.4. The molecule has 3 aliphatic carbocycles. The molecular weight excluding hydrogens is 236 g/mol. The van der Waals surface area contributed by atoms with Gasteiger partial charge in [-0.25, -0.2) is 0 Å². The van der Waals surface area contributed by atoms with Crippen LogP contribution in [0.2, 0.25) is 0 Å². The van der Waals surface area contributed by atoms with Crippen LogP contribution < -0.4 is 4.74 Å². The predicted octanol–water partition coefficient (Wildman–Crippen LogP) is 3.65. The lowest BCUT2D eigenvalue weighted by molar-refractivity contribution is -0.128. The smallest absolute Gasteiger partial charge is 0.124 e. The molecule has 3 aliphatic rings. The molecule has 1 N–H and O–H groups in total. The molecule has 2 nitrogen and oxygen atoms in total. The third-order valence-electron chi connectivity index (χ3n) is 5.23. The normalized spacial score (nSPS) is 40.4. The zero-order valence-electron chi connectivity index (χ0n) is 11.9. The van der Waals surface area contributed by atoms with Gasteiger partial charge in [-0.05, 0) is 30.7 Å². The van der Waals surface area contributed by atoms with Gasteiger partial charge in [-0.15, -0.1) is 0 Å². The van der Waals surface area contributed by atoms with E-state index in [1.807, 2.05) is 24.3 Å². The highest BCUT2D eigenvalue weighted by molar-refractivity contribution is 5.43. The van der Waals surface area contributed by atoms with Crippen molar-refractivity contribution < 1.29 is 9.84 Å². The maximum Gasteiger partial charge on any atom is 0.124 e. The van der Waals surface area contributed by atoms with Crippen molar-refractivity contribution in [2.24, 2.45) is 10.8 Å². The number of allylic oxidation sites excluding steroid dienone is 1. The summed E-state index contributed by atoms with van der Waals surface area (Å²) in [5, 5.41) is 11.4. The van der Waals surface area contributed by atoms with Gasteiger partial charge in [-0.2, -0.15) is 0 Å². The Morgan fingerprint density at radius 1 is 1.11 bits per heavy atom. The fraction of sp³-hybridized carbons (Fsp3) is 0.529. The summed E-state index contributed by atoms with van der Waals surface area (Å²) in [5.41, 5.74) is 0.00367. The van der Waals surface area contributed by atoms with Gasteiger partial charge in [0.2, 0.25) is 0 Å². The third-order valence-corrected chi connectivity index (χ3v) is 5.23. The van der Waals surface area contributed by atoms with Crippen molar-refractivity contribution >= 4 is 0 Å². The minimum Gasteiger partial charge on any atom is -0.496 e. The minimum absolute atomic E-state index is 0.105. The van der Waals surface area contributed by atoms with Gasteiger partial charge in [-0.3, -0.25) is 0 Å². The fourth-order valence-electron chi connectivity index (χ4n) is 3.76.